The fourth-order valence-corrected chi connectivity index (χ4v) is 2.79. The zero-order chi connectivity index (χ0) is 18.0. The van der Waals surface area contributed by atoms with Crippen molar-refractivity contribution in [3.8, 4) is 5.75 Å². The number of hydrogen-bond donors (Lipinski definition) is 4. The number of para-hydroxylation sites is 1. The second-order valence-corrected chi connectivity index (χ2v) is 5.97. The van der Waals surface area contributed by atoms with Gasteiger partial charge in [-0.3, -0.25) is 4.79 Å². The average Bonchev–Trinajstić information content (AvgIpc) is 2.99. The molecule has 0 bridgehead atoms. The molecule has 0 aliphatic heterocycles. The van der Waals surface area contributed by atoms with E-state index in [4.69, 9.17) is 0 Å². The van der Waals surface area contributed by atoms with Crippen LogP contribution < -0.4 is 0 Å². The number of fused-ring (bicyclic) bond motifs is 1. The minimum absolute atomic E-state index is 0.0449. The number of aliphatic carboxylic acids is 1. The number of rotatable bonds is 6. The summed E-state index contributed by atoms with van der Waals surface area (Å²) in [5.74, 6) is -2.35. The Morgan fingerprint density at radius 3 is 2.40 bits per heavy atom. The maximum absolute atomic E-state index is 12.5. The van der Waals surface area contributed by atoms with Crippen LogP contribution in [0.1, 0.15) is 11.1 Å². The number of carbonyl (C=O) groups is 2. The Morgan fingerprint density at radius 1 is 1.04 bits per heavy atom. The van der Waals surface area contributed by atoms with Crippen molar-refractivity contribution in [3.63, 3.8) is 0 Å². The van der Waals surface area contributed by atoms with Gasteiger partial charge in [-0.05, 0) is 29.3 Å². The minimum Gasteiger partial charge on any atom is -0.508 e. The SMILES string of the molecule is O=C(O)[C@](O)(Cc1c[nH]c2ccccc12)C(=O)Cc1ccc(O)cc1. The van der Waals surface area contributed by atoms with Gasteiger partial charge in [0.2, 0.25) is 5.60 Å². The van der Waals surface area contributed by atoms with Gasteiger partial charge in [0, 0.05) is 29.9 Å². The van der Waals surface area contributed by atoms with Gasteiger partial charge in [-0.2, -0.15) is 0 Å². The second kappa shape index (κ2) is 6.41. The first kappa shape index (κ1) is 16.7. The van der Waals surface area contributed by atoms with Gasteiger partial charge in [-0.1, -0.05) is 30.3 Å². The van der Waals surface area contributed by atoms with Gasteiger partial charge in [0.1, 0.15) is 5.75 Å². The van der Waals surface area contributed by atoms with Crippen LogP contribution in [0.5, 0.6) is 5.75 Å². The fourth-order valence-electron chi connectivity index (χ4n) is 2.79. The Balaban J connectivity index is 1.89. The molecule has 4 N–H and O–H groups in total. The Morgan fingerprint density at radius 2 is 1.72 bits per heavy atom. The van der Waals surface area contributed by atoms with E-state index in [-0.39, 0.29) is 18.6 Å². The van der Waals surface area contributed by atoms with Crippen LogP contribution in [0, 0.1) is 0 Å². The second-order valence-electron chi connectivity index (χ2n) is 5.97. The fraction of sp³-hybridized carbons (Fsp3) is 0.158. The van der Waals surface area contributed by atoms with Crippen molar-refractivity contribution in [3.05, 3.63) is 65.9 Å². The van der Waals surface area contributed by atoms with Gasteiger partial charge >= 0.3 is 5.97 Å². The van der Waals surface area contributed by atoms with E-state index in [2.05, 4.69) is 4.98 Å². The molecule has 0 fully saturated rings. The van der Waals surface area contributed by atoms with Crippen molar-refractivity contribution in [1.82, 2.24) is 4.98 Å². The number of carboxylic acid groups (broad SMARTS) is 1. The molecule has 0 saturated carbocycles. The number of ketones is 1. The van der Waals surface area contributed by atoms with E-state index in [0.29, 0.717) is 11.1 Å². The van der Waals surface area contributed by atoms with E-state index in [1.165, 1.54) is 24.3 Å². The van der Waals surface area contributed by atoms with Crippen LogP contribution in [0.25, 0.3) is 10.9 Å². The molecule has 1 atom stereocenters. The Bertz CT molecular complexity index is 928. The third-order valence-electron chi connectivity index (χ3n) is 4.24. The van der Waals surface area contributed by atoms with Crippen molar-refractivity contribution >= 4 is 22.7 Å². The highest BCUT2D eigenvalue weighted by molar-refractivity contribution is 6.07. The Kier molecular flexibility index (Phi) is 4.29. The molecule has 0 aliphatic rings. The Hall–Kier alpha value is -3.12. The smallest absolute Gasteiger partial charge is 0.343 e. The van der Waals surface area contributed by atoms with Crippen LogP contribution in [0.3, 0.4) is 0 Å². The number of Topliss-reactive ketones (excluding diaryl/α,β-unsaturated/α-hetero) is 1. The number of phenolic OH excluding ortho intramolecular Hbond substituents is 1. The normalized spacial score (nSPS) is 13.5. The van der Waals surface area contributed by atoms with E-state index in [1.54, 1.807) is 18.3 Å². The third-order valence-corrected chi connectivity index (χ3v) is 4.24. The molecule has 0 aliphatic carbocycles. The van der Waals surface area contributed by atoms with Crippen LogP contribution in [-0.2, 0) is 22.4 Å². The topological polar surface area (TPSA) is 111 Å². The molecule has 3 aromatic rings. The summed E-state index contributed by atoms with van der Waals surface area (Å²) in [6, 6.07) is 13.1. The van der Waals surface area contributed by atoms with Gasteiger partial charge in [-0.15, -0.1) is 0 Å². The standard InChI is InChI=1S/C19H17NO5/c21-14-7-5-12(6-8-14)9-17(22)19(25,18(23)24)10-13-11-20-16-4-2-1-3-15(13)16/h1-8,11,20-21,25H,9-10H2,(H,23,24)/t19-/m0/s1. The van der Waals surface area contributed by atoms with E-state index in [0.717, 1.165) is 10.9 Å². The van der Waals surface area contributed by atoms with Crippen molar-refractivity contribution in [2.24, 2.45) is 0 Å². The lowest BCUT2D eigenvalue weighted by Crippen LogP contribution is -2.49. The highest BCUT2D eigenvalue weighted by Gasteiger charge is 2.44. The molecule has 128 valence electrons. The number of phenols is 1. The predicted octanol–water partition coefficient (Wildman–Crippen LogP) is 2.04. The molecule has 0 unspecified atom stereocenters. The van der Waals surface area contributed by atoms with Crippen molar-refractivity contribution in [2.75, 3.05) is 0 Å². The maximum Gasteiger partial charge on any atom is 0.343 e. The summed E-state index contributed by atoms with van der Waals surface area (Å²) < 4.78 is 0. The molecule has 0 amide bonds. The number of aromatic amines is 1. The quantitative estimate of drug-likeness (QED) is 0.514. The molecule has 25 heavy (non-hydrogen) atoms. The van der Waals surface area contributed by atoms with E-state index < -0.39 is 17.4 Å². The average molecular weight is 339 g/mol. The number of benzene rings is 2. The van der Waals surface area contributed by atoms with Gasteiger partial charge in [0.15, 0.2) is 5.78 Å². The van der Waals surface area contributed by atoms with Crippen LogP contribution >= 0.6 is 0 Å². The molecule has 0 saturated heterocycles. The molecule has 0 radical (unpaired) electrons. The summed E-state index contributed by atoms with van der Waals surface area (Å²) in [6.45, 7) is 0. The summed E-state index contributed by atoms with van der Waals surface area (Å²) in [4.78, 5) is 27.2. The number of aliphatic hydroxyl groups is 1. The maximum atomic E-state index is 12.5. The summed E-state index contributed by atoms with van der Waals surface area (Å²) in [7, 11) is 0. The van der Waals surface area contributed by atoms with Crippen LogP contribution in [0.4, 0.5) is 0 Å². The number of nitrogens with one attached hydrogen (secondary N) is 1. The van der Waals surface area contributed by atoms with Crippen molar-refractivity contribution < 1.29 is 24.9 Å². The van der Waals surface area contributed by atoms with Crippen molar-refractivity contribution in [2.45, 2.75) is 18.4 Å². The van der Waals surface area contributed by atoms with Gasteiger partial charge in [0.25, 0.3) is 0 Å². The highest BCUT2D eigenvalue weighted by Crippen LogP contribution is 2.24. The highest BCUT2D eigenvalue weighted by atomic mass is 16.4. The van der Waals surface area contributed by atoms with Gasteiger partial charge in [0.05, 0.1) is 0 Å². The first-order valence-electron chi connectivity index (χ1n) is 7.72. The van der Waals surface area contributed by atoms with E-state index in [9.17, 15) is 24.9 Å². The first-order chi connectivity index (χ1) is 11.9. The lowest BCUT2D eigenvalue weighted by atomic mass is 9.87. The number of aromatic hydroxyl groups is 1. The first-order valence-corrected chi connectivity index (χ1v) is 7.72. The number of hydrogen-bond acceptors (Lipinski definition) is 4. The van der Waals surface area contributed by atoms with Crippen molar-refractivity contribution in [1.29, 1.82) is 0 Å². The summed E-state index contributed by atoms with van der Waals surface area (Å²) >= 11 is 0. The van der Waals surface area contributed by atoms with Crippen LogP contribution in [0.15, 0.2) is 54.7 Å². The minimum atomic E-state index is -2.52. The van der Waals surface area contributed by atoms with Gasteiger partial charge < -0.3 is 20.3 Å². The molecule has 1 aromatic heterocycles. The molecule has 6 nitrogen and oxygen atoms in total. The van der Waals surface area contributed by atoms with E-state index in [1.807, 2.05) is 12.1 Å². The molecule has 1 heterocycles. The van der Waals surface area contributed by atoms with E-state index >= 15 is 0 Å². The number of aromatic nitrogens is 1. The molecular weight excluding hydrogens is 322 g/mol. The van der Waals surface area contributed by atoms with Gasteiger partial charge in [-0.25, -0.2) is 4.79 Å². The lowest BCUT2D eigenvalue weighted by molar-refractivity contribution is -0.164. The molecular formula is C19H17NO5. The Labute approximate surface area is 143 Å². The number of carboxylic acids is 1. The summed E-state index contributed by atoms with van der Waals surface area (Å²) in [5, 5.41) is 30.1. The summed E-state index contributed by atoms with van der Waals surface area (Å²) in [6.07, 6.45) is 1.03. The number of carbonyl (C=O) groups excluding carboxylic acids is 1. The third kappa shape index (κ3) is 3.25. The van der Waals surface area contributed by atoms with Crippen LogP contribution in [0.2, 0.25) is 0 Å². The summed E-state index contributed by atoms with van der Waals surface area (Å²) in [5.41, 5.74) is -0.653. The molecule has 0 spiro atoms. The monoisotopic (exact) mass is 339 g/mol. The largest absolute Gasteiger partial charge is 0.508 e. The molecule has 3 rings (SSSR count). The number of H-pyrrole nitrogens is 1. The zero-order valence-electron chi connectivity index (χ0n) is 13.3. The van der Waals surface area contributed by atoms with Crippen LogP contribution in [-0.4, -0.2) is 37.7 Å². The zero-order valence-corrected chi connectivity index (χ0v) is 13.3. The molecule has 2 aromatic carbocycles. The molecule has 6 heteroatoms. The predicted molar refractivity (Wildman–Crippen MR) is 91.4 cm³/mol. The lowest BCUT2D eigenvalue weighted by Gasteiger charge is -2.22.